The Morgan fingerprint density at radius 1 is 1.30 bits per heavy atom. The zero-order chi connectivity index (χ0) is 18.8. The lowest BCUT2D eigenvalue weighted by Gasteiger charge is -2.13. The molecule has 2 rings (SSSR count). The van der Waals surface area contributed by atoms with E-state index in [1.165, 1.54) is 9.78 Å². The number of aliphatic imine (C=N–C) groups is 1. The molecule has 0 saturated heterocycles. The minimum atomic E-state index is -0.0374. The van der Waals surface area contributed by atoms with Crippen molar-refractivity contribution >= 4 is 47.2 Å². The van der Waals surface area contributed by atoms with Crippen LogP contribution in [0.1, 0.15) is 22.6 Å². The minimum absolute atomic E-state index is 0. The molecule has 0 saturated carbocycles. The van der Waals surface area contributed by atoms with Crippen LogP contribution in [0.25, 0.3) is 0 Å². The van der Waals surface area contributed by atoms with E-state index < -0.39 is 0 Å². The summed E-state index contributed by atoms with van der Waals surface area (Å²) < 4.78 is 5.33. The first-order valence-corrected chi connectivity index (χ1v) is 9.58. The molecule has 0 spiro atoms. The van der Waals surface area contributed by atoms with Crippen molar-refractivity contribution in [3.8, 4) is 0 Å². The Morgan fingerprint density at radius 3 is 2.63 bits per heavy atom. The number of aryl methyl sites for hydroxylation is 1. The Morgan fingerprint density at radius 2 is 2.04 bits per heavy atom. The first-order valence-electron chi connectivity index (χ1n) is 8.76. The molecule has 0 aromatic carbocycles. The van der Waals surface area contributed by atoms with Crippen LogP contribution in [-0.2, 0) is 24.1 Å². The fraction of sp³-hybridized carbons (Fsp3) is 0.500. The van der Waals surface area contributed by atoms with Gasteiger partial charge in [0.05, 0.1) is 11.3 Å². The smallest absolute Gasteiger partial charge is 0.243 e. The van der Waals surface area contributed by atoms with E-state index in [4.69, 9.17) is 4.42 Å². The number of hydrogen-bond donors (Lipinski definition) is 2. The van der Waals surface area contributed by atoms with Gasteiger partial charge in [-0.15, -0.1) is 35.3 Å². The normalized spacial score (nSPS) is 11.0. The van der Waals surface area contributed by atoms with Gasteiger partial charge in [-0.2, -0.15) is 0 Å². The molecule has 1 amide bonds. The highest BCUT2D eigenvalue weighted by molar-refractivity contribution is 14.0. The second kappa shape index (κ2) is 12.7. The molecule has 9 heteroatoms. The van der Waals surface area contributed by atoms with Crippen LogP contribution < -0.4 is 10.6 Å². The topological polar surface area (TPSA) is 82.8 Å². The monoisotopic (exact) mass is 505 g/mol. The Labute approximate surface area is 181 Å². The van der Waals surface area contributed by atoms with Gasteiger partial charge in [0.15, 0.2) is 5.96 Å². The number of nitrogens with one attached hydrogen (secondary N) is 2. The third-order valence-electron chi connectivity index (χ3n) is 3.70. The van der Waals surface area contributed by atoms with Crippen molar-refractivity contribution in [2.24, 2.45) is 4.99 Å². The molecule has 2 aromatic rings. The molecular formula is C18H28IN5O2S. The first-order chi connectivity index (χ1) is 12.6. The highest BCUT2D eigenvalue weighted by atomic mass is 127. The summed E-state index contributed by atoms with van der Waals surface area (Å²) >= 11 is 1.74. The van der Waals surface area contributed by atoms with Crippen LogP contribution in [0.5, 0.6) is 0 Å². The molecule has 2 aromatic heterocycles. The van der Waals surface area contributed by atoms with Gasteiger partial charge in [-0.25, -0.2) is 9.98 Å². The number of thiazole rings is 1. The molecule has 0 aliphatic carbocycles. The van der Waals surface area contributed by atoms with Crippen LogP contribution >= 0.6 is 35.3 Å². The predicted molar refractivity (Wildman–Crippen MR) is 120 cm³/mol. The Kier molecular flexibility index (Phi) is 11.0. The second-order valence-electron chi connectivity index (χ2n) is 5.96. The molecule has 0 radical (unpaired) electrons. The maximum atomic E-state index is 11.8. The summed E-state index contributed by atoms with van der Waals surface area (Å²) in [4.78, 5) is 23.4. The quantitative estimate of drug-likeness (QED) is 0.311. The van der Waals surface area contributed by atoms with Gasteiger partial charge in [-0.1, -0.05) is 6.92 Å². The molecule has 2 N–H and O–H groups in total. The van der Waals surface area contributed by atoms with Crippen LogP contribution in [-0.4, -0.2) is 55.5 Å². The third-order valence-corrected chi connectivity index (χ3v) is 4.90. The largest absolute Gasteiger partial charge is 0.469 e. The van der Waals surface area contributed by atoms with E-state index in [0.717, 1.165) is 30.0 Å². The van der Waals surface area contributed by atoms with Crippen molar-refractivity contribution in [3.05, 3.63) is 40.2 Å². The highest BCUT2D eigenvalue weighted by Gasteiger charge is 2.06. The number of hydrogen-bond acceptors (Lipinski definition) is 5. The fourth-order valence-corrected chi connectivity index (χ4v) is 3.00. The number of aromatic nitrogens is 1. The Bertz CT molecular complexity index is 700. The Hall–Kier alpha value is -1.62. The molecule has 2 heterocycles. The van der Waals surface area contributed by atoms with Crippen molar-refractivity contribution in [2.75, 3.05) is 33.7 Å². The summed E-state index contributed by atoms with van der Waals surface area (Å²) in [6.45, 7) is 3.62. The van der Waals surface area contributed by atoms with Crippen LogP contribution in [0.4, 0.5) is 0 Å². The molecule has 0 fully saturated rings. The van der Waals surface area contributed by atoms with Crippen LogP contribution in [0.3, 0.4) is 0 Å². The lowest BCUT2D eigenvalue weighted by atomic mass is 10.3. The lowest BCUT2D eigenvalue weighted by Crippen LogP contribution is -2.40. The zero-order valence-corrected chi connectivity index (χ0v) is 19.2. The van der Waals surface area contributed by atoms with E-state index >= 15 is 0 Å². The second-order valence-corrected chi connectivity index (χ2v) is 7.16. The molecule has 0 unspecified atom stereocenters. The molecule has 0 atom stereocenters. The molecule has 27 heavy (non-hydrogen) atoms. The van der Waals surface area contributed by atoms with Crippen molar-refractivity contribution in [1.82, 2.24) is 20.5 Å². The van der Waals surface area contributed by atoms with Gasteiger partial charge in [-0.3, -0.25) is 4.79 Å². The number of amides is 1. The predicted octanol–water partition coefficient (Wildman–Crippen LogP) is 2.33. The van der Waals surface area contributed by atoms with Crippen LogP contribution in [0.2, 0.25) is 0 Å². The minimum Gasteiger partial charge on any atom is -0.469 e. The number of guanidine groups is 1. The average Bonchev–Trinajstić information content (AvgIpc) is 3.30. The molecular weight excluding hydrogens is 477 g/mol. The van der Waals surface area contributed by atoms with E-state index in [1.54, 1.807) is 31.7 Å². The van der Waals surface area contributed by atoms with Gasteiger partial charge in [0.1, 0.15) is 12.3 Å². The van der Waals surface area contributed by atoms with Gasteiger partial charge < -0.3 is 20.0 Å². The van der Waals surface area contributed by atoms with Crippen molar-refractivity contribution in [1.29, 1.82) is 0 Å². The van der Waals surface area contributed by atoms with Crippen molar-refractivity contribution in [3.63, 3.8) is 0 Å². The number of furan rings is 1. The summed E-state index contributed by atoms with van der Waals surface area (Å²) in [6, 6.07) is 3.81. The maximum Gasteiger partial charge on any atom is 0.243 e. The van der Waals surface area contributed by atoms with Gasteiger partial charge in [0, 0.05) is 51.1 Å². The van der Waals surface area contributed by atoms with Crippen LogP contribution in [0.15, 0.2) is 34.0 Å². The van der Waals surface area contributed by atoms with Crippen molar-refractivity contribution < 1.29 is 9.21 Å². The number of nitrogens with zero attached hydrogens (tertiary/aromatic N) is 3. The standard InChI is InChI=1S/C18H27N5O2S.HI/c1-4-15-12-21-16(26-15)8-10-20-18(22-13-17(24)23(2)3)19-9-7-14-6-5-11-25-14;/h5-6,11-12H,4,7-10,13H2,1-3H3,(H2,19,20,22);1H. The number of halogens is 1. The first kappa shape index (κ1) is 23.4. The fourth-order valence-electron chi connectivity index (χ4n) is 2.14. The average molecular weight is 505 g/mol. The van der Waals surface area contributed by atoms with Crippen molar-refractivity contribution in [2.45, 2.75) is 26.2 Å². The summed E-state index contributed by atoms with van der Waals surface area (Å²) in [5, 5.41) is 7.63. The van der Waals surface area contributed by atoms with Gasteiger partial charge in [0.25, 0.3) is 0 Å². The third kappa shape index (κ3) is 8.74. The van der Waals surface area contributed by atoms with E-state index in [9.17, 15) is 4.79 Å². The molecule has 0 aliphatic rings. The van der Waals surface area contributed by atoms with E-state index in [0.29, 0.717) is 19.0 Å². The molecule has 150 valence electrons. The Balaban J connectivity index is 0.00000364. The summed E-state index contributed by atoms with van der Waals surface area (Å²) in [5.41, 5.74) is 0. The van der Waals surface area contributed by atoms with Gasteiger partial charge in [-0.05, 0) is 18.6 Å². The lowest BCUT2D eigenvalue weighted by molar-refractivity contribution is -0.127. The molecule has 0 aliphatic heterocycles. The molecule has 0 bridgehead atoms. The number of carbonyl (C=O) groups is 1. The van der Waals surface area contributed by atoms with E-state index in [2.05, 4.69) is 27.5 Å². The molecule has 7 nitrogen and oxygen atoms in total. The zero-order valence-electron chi connectivity index (χ0n) is 16.0. The van der Waals surface area contributed by atoms with Crippen LogP contribution in [0, 0.1) is 0 Å². The maximum absolute atomic E-state index is 11.8. The van der Waals surface area contributed by atoms with Gasteiger partial charge in [0.2, 0.25) is 5.91 Å². The summed E-state index contributed by atoms with van der Waals surface area (Å²) in [5.74, 6) is 1.50. The van der Waals surface area contributed by atoms with E-state index in [1.807, 2.05) is 18.3 Å². The summed E-state index contributed by atoms with van der Waals surface area (Å²) in [7, 11) is 3.45. The number of carbonyl (C=O) groups excluding carboxylic acids is 1. The highest BCUT2D eigenvalue weighted by Crippen LogP contribution is 2.13. The summed E-state index contributed by atoms with van der Waals surface area (Å²) in [6.07, 6.45) is 6.19. The number of rotatable bonds is 9. The SMILES string of the molecule is CCc1cnc(CCNC(=NCC(=O)N(C)C)NCCc2ccco2)s1.I. The van der Waals surface area contributed by atoms with E-state index in [-0.39, 0.29) is 36.4 Å². The van der Waals surface area contributed by atoms with Gasteiger partial charge >= 0.3 is 0 Å². The number of likely N-dealkylation sites (N-methyl/N-ethyl adjacent to an activating group) is 1.